The molecule has 0 aromatic carbocycles. The van der Waals surface area contributed by atoms with E-state index in [0.29, 0.717) is 19.4 Å². The van der Waals surface area contributed by atoms with Gasteiger partial charge in [0.1, 0.15) is 36.6 Å². The largest absolute Gasteiger partial charge is 0.456 e. The Hall–Kier alpha value is -3.65. The molecule has 1 aromatic heterocycles. The first kappa shape index (κ1) is 31.9. The Morgan fingerprint density at radius 1 is 1.15 bits per heavy atom. The number of hydrogen-bond acceptors (Lipinski definition) is 13. The molecule has 11 N–H and O–H groups in total. The van der Waals surface area contributed by atoms with Crippen LogP contribution in [0.5, 0.6) is 0 Å². The maximum absolute atomic E-state index is 12.8. The Balaban J connectivity index is 1.80. The third-order valence-electron chi connectivity index (χ3n) is 6.52. The number of H-pyrrole nitrogens is 1. The number of nitrogens with two attached hydrogens (primary N) is 3. The predicted molar refractivity (Wildman–Crippen MR) is 135 cm³/mol. The maximum atomic E-state index is 12.8. The molecule has 0 bridgehead atoms. The number of rotatable bonds is 13. The van der Waals surface area contributed by atoms with Gasteiger partial charge in [-0.1, -0.05) is 0 Å². The fourth-order valence-electron chi connectivity index (χ4n) is 4.40. The molecular weight excluding hydrogens is 552 g/mol. The number of ether oxygens (including phenoxy) is 4. The van der Waals surface area contributed by atoms with Gasteiger partial charge in [-0.25, -0.2) is 4.79 Å². The van der Waals surface area contributed by atoms with E-state index in [1.54, 1.807) is 0 Å². The molecule has 1 saturated heterocycles. The Morgan fingerprint density at radius 3 is 2.44 bits per heavy atom. The van der Waals surface area contributed by atoms with Crippen molar-refractivity contribution >= 4 is 17.7 Å². The third kappa shape index (κ3) is 7.36. The quantitative estimate of drug-likeness (QED) is 0.100. The number of carbonyl (C=O) groups is 3. The van der Waals surface area contributed by atoms with Crippen LogP contribution >= 0.6 is 0 Å². The summed E-state index contributed by atoms with van der Waals surface area (Å²) in [5.74, 6) is -3.54. The van der Waals surface area contributed by atoms with Crippen molar-refractivity contribution in [3.63, 3.8) is 0 Å². The number of aliphatic hydroxyl groups is 3. The van der Waals surface area contributed by atoms with Gasteiger partial charge in [-0.15, -0.1) is 0 Å². The fraction of sp³-hybridized carbons (Fsp3) is 0.609. The van der Waals surface area contributed by atoms with Gasteiger partial charge in [-0.2, -0.15) is 0 Å². The van der Waals surface area contributed by atoms with Gasteiger partial charge < -0.3 is 56.8 Å². The van der Waals surface area contributed by atoms with Crippen molar-refractivity contribution in [3.05, 3.63) is 44.9 Å². The van der Waals surface area contributed by atoms with Crippen LogP contribution in [0.2, 0.25) is 0 Å². The zero-order chi connectivity index (χ0) is 30.4. The molecule has 2 aliphatic heterocycles. The number of carbonyl (C=O) groups excluding carboxylic acids is 3. The highest BCUT2D eigenvalue weighted by Crippen LogP contribution is 2.34. The summed E-state index contributed by atoms with van der Waals surface area (Å²) in [6, 6.07) is -0.0910. The van der Waals surface area contributed by atoms with E-state index in [2.05, 4.69) is 5.32 Å². The minimum absolute atomic E-state index is 0.180. The first-order chi connectivity index (χ1) is 19.4. The Bertz CT molecular complexity index is 1250. The van der Waals surface area contributed by atoms with E-state index in [1.165, 1.54) is 7.11 Å². The van der Waals surface area contributed by atoms with Crippen LogP contribution in [0.25, 0.3) is 0 Å². The smallest absolute Gasteiger partial charge is 0.330 e. The van der Waals surface area contributed by atoms with Gasteiger partial charge in [0.05, 0.1) is 0 Å². The molecule has 3 rings (SSSR count). The minimum Gasteiger partial charge on any atom is -0.456 e. The molecule has 2 aliphatic rings. The van der Waals surface area contributed by atoms with E-state index in [1.807, 2.05) is 4.98 Å². The molecule has 9 atom stereocenters. The fourth-order valence-corrected chi connectivity index (χ4v) is 4.40. The highest BCUT2D eigenvalue weighted by Gasteiger charge is 2.52. The molecule has 0 radical (unpaired) electrons. The van der Waals surface area contributed by atoms with Gasteiger partial charge >= 0.3 is 5.69 Å². The van der Waals surface area contributed by atoms with E-state index in [0.717, 1.165) is 22.9 Å². The Morgan fingerprint density at radius 2 is 1.85 bits per heavy atom. The van der Waals surface area contributed by atoms with Crippen LogP contribution in [0.3, 0.4) is 0 Å². The first-order valence-electron chi connectivity index (χ1n) is 12.6. The van der Waals surface area contributed by atoms with Crippen molar-refractivity contribution in [1.29, 1.82) is 0 Å². The lowest BCUT2D eigenvalue weighted by atomic mass is 10.0. The molecule has 6 unspecified atom stereocenters. The summed E-state index contributed by atoms with van der Waals surface area (Å²) in [5, 5.41) is 34.0. The van der Waals surface area contributed by atoms with Crippen LogP contribution in [-0.4, -0.2) is 105 Å². The van der Waals surface area contributed by atoms with Gasteiger partial charge in [-0.05, 0) is 31.9 Å². The summed E-state index contributed by atoms with van der Waals surface area (Å²) in [5.41, 5.74) is 14.7. The summed E-state index contributed by atoms with van der Waals surface area (Å²) >= 11 is 0. The number of methoxy groups -OCH3 is 1. The molecule has 0 aliphatic carbocycles. The lowest BCUT2D eigenvalue weighted by Gasteiger charge is -2.35. The van der Waals surface area contributed by atoms with Crippen molar-refractivity contribution < 1.29 is 48.7 Å². The number of aromatic nitrogens is 2. The lowest BCUT2D eigenvalue weighted by molar-refractivity contribution is -0.241. The predicted octanol–water partition coefficient (Wildman–Crippen LogP) is -5.26. The van der Waals surface area contributed by atoms with E-state index in [-0.39, 0.29) is 6.42 Å². The zero-order valence-corrected chi connectivity index (χ0v) is 22.0. The molecule has 18 heteroatoms. The number of hydrogen-bond donors (Lipinski definition) is 8. The van der Waals surface area contributed by atoms with Crippen LogP contribution in [0.4, 0.5) is 0 Å². The number of primary amides is 2. The second-order valence-electron chi connectivity index (χ2n) is 9.37. The molecule has 3 heterocycles. The van der Waals surface area contributed by atoms with Gasteiger partial charge in [0.2, 0.25) is 18.1 Å². The number of nitrogens with one attached hydrogen (secondary N) is 2. The standard InChI is InChI=1S/C23H34N6O12/c1-38-15-14(33)21(29-7-5-12(31)28-23(29)37)40-16(15)17(19(26)35)41-22-13(32)10(30)8-11(39-22)20(36)27-9(18(25)34)4-2-3-6-24/h5,7-10,13-17,21-22,30,32-33H,2-4,6,24H2,1H3,(H2,25,34)(H2,26,35)(H,27,36)(H,28,31,37)/t9?,10?,13?,14?,15?,16-,17?,21+,22+/m0/s1. The summed E-state index contributed by atoms with van der Waals surface area (Å²) in [6.07, 6.45) is -10.00. The number of aromatic amines is 1. The molecule has 3 amide bonds. The summed E-state index contributed by atoms with van der Waals surface area (Å²) < 4.78 is 22.8. The minimum atomic E-state index is -1.88. The SMILES string of the molecule is COC1C(O)[C@H](n2ccc(=O)[nH]c2=O)O[C@@H]1C(O[C@H]1OC(C(=O)NC(CCCCN)C(N)=O)=CC(O)C1O)C(N)=O. The van der Waals surface area contributed by atoms with Crippen LogP contribution in [-0.2, 0) is 33.3 Å². The highest BCUT2D eigenvalue weighted by molar-refractivity contribution is 5.95. The van der Waals surface area contributed by atoms with Crippen LogP contribution in [0.15, 0.2) is 33.7 Å². The molecule has 1 aromatic rings. The van der Waals surface area contributed by atoms with Crippen molar-refractivity contribution in [2.24, 2.45) is 17.2 Å². The topological polar surface area (TPSA) is 294 Å². The van der Waals surface area contributed by atoms with Gasteiger partial charge in [0.15, 0.2) is 18.1 Å². The third-order valence-corrected chi connectivity index (χ3v) is 6.52. The number of amides is 3. The monoisotopic (exact) mass is 586 g/mol. The summed E-state index contributed by atoms with van der Waals surface area (Å²) in [7, 11) is 1.17. The van der Waals surface area contributed by atoms with Crippen LogP contribution < -0.4 is 33.8 Å². The molecule has 41 heavy (non-hydrogen) atoms. The van der Waals surface area contributed by atoms with E-state index < -0.39 is 89.9 Å². The van der Waals surface area contributed by atoms with Gasteiger partial charge in [-0.3, -0.25) is 28.7 Å². The van der Waals surface area contributed by atoms with Crippen LogP contribution in [0, 0.1) is 0 Å². The first-order valence-corrected chi connectivity index (χ1v) is 12.6. The Labute approximate surface area is 232 Å². The highest BCUT2D eigenvalue weighted by atomic mass is 16.7. The average Bonchev–Trinajstić information content (AvgIpc) is 3.23. The van der Waals surface area contributed by atoms with E-state index in [4.69, 9.17) is 36.1 Å². The lowest BCUT2D eigenvalue weighted by Crippen LogP contribution is -2.54. The zero-order valence-electron chi connectivity index (χ0n) is 22.0. The number of nitrogens with zero attached hydrogens (tertiary/aromatic N) is 1. The molecule has 0 spiro atoms. The molecule has 228 valence electrons. The van der Waals surface area contributed by atoms with Crippen LogP contribution in [0.1, 0.15) is 25.5 Å². The number of unbranched alkanes of at least 4 members (excludes halogenated alkanes) is 1. The Kier molecular flexibility index (Phi) is 10.7. The molecular formula is C23H34N6O12. The van der Waals surface area contributed by atoms with Crippen molar-refractivity contribution in [3.8, 4) is 0 Å². The van der Waals surface area contributed by atoms with Crippen molar-refractivity contribution in [2.75, 3.05) is 13.7 Å². The van der Waals surface area contributed by atoms with Crippen molar-refractivity contribution in [2.45, 2.75) is 74.4 Å². The molecule has 18 nitrogen and oxygen atoms in total. The molecule has 1 fully saturated rings. The van der Waals surface area contributed by atoms with E-state index in [9.17, 15) is 39.3 Å². The van der Waals surface area contributed by atoms with Gasteiger partial charge in [0.25, 0.3) is 11.5 Å². The average molecular weight is 587 g/mol. The second-order valence-corrected chi connectivity index (χ2v) is 9.37. The second kappa shape index (κ2) is 13.8. The normalized spacial score (nSPS) is 29.2. The molecule has 0 saturated carbocycles. The number of aliphatic hydroxyl groups excluding tert-OH is 3. The summed E-state index contributed by atoms with van der Waals surface area (Å²) in [4.78, 5) is 62.7. The summed E-state index contributed by atoms with van der Waals surface area (Å²) in [6.45, 7) is 0.367. The van der Waals surface area contributed by atoms with E-state index >= 15 is 0 Å². The van der Waals surface area contributed by atoms with Gasteiger partial charge in [0, 0.05) is 19.4 Å². The van der Waals surface area contributed by atoms with Crippen molar-refractivity contribution in [1.82, 2.24) is 14.9 Å². The maximum Gasteiger partial charge on any atom is 0.330 e.